The Labute approximate surface area is 176 Å². The Hall–Kier alpha value is -3.40. The molecule has 0 amide bonds. The van der Waals surface area contributed by atoms with Crippen molar-refractivity contribution in [3.05, 3.63) is 60.3 Å². The van der Waals surface area contributed by atoms with Crippen molar-refractivity contribution in [2.24, 2.45) is 0 Å². The summed E-state index contributed by atoms with van der Waals surface area (Å²) in [5, 5.41) is 9.10. The molecule has 160 valence electrons. The lowest BCUT2D eigenvalue weighted by molar-refractivity contribution is -0.0518. The molecule has 1 aromatic carbocycles. The number of hydrogen-bond acceptors (Lipinski definition) is 7. The van der Waals surface area contributed by atoms with Gasteiger partial charge in [0.2, 0.25) is 0 Å². The molecule has 0 saturated carbocycles. The van der Waals surface area contributed by atoms with Crippen LogP contribution >= 0.6 is 12.4 Å². The highest BCUT2D eigenvalue weighted by Gasteiger charge is 2.19. The second-order valence-corrected chi connectivity index (χ2v) is 5.69. The summed E-state index contributed by atoms with van der Waals surface area (Å²) in [4.78, 5) is 21.0. The zero-order chi connectivity index (χ0) is 20.8. The van der Waals surface area contributed by atoms with E-state index in [1.54, 1.807) is 24.0 Å². The minimum Gasteiger partial charge on any atom is -0.478 e. The molecule has 0 bridgehead atoms. The maximum atomic E-state index is 12.6. The Morgan fingerprint density at radius 3 is 2.53 bits per heavy atom. The average Bonchev–Trinajstić information content (AvgIpc) is 3.21. The van der Waals surface area contributed by atoms with Gasteiger partial charge in [0.1, 0.15) is 11.6 Å². The molecule has 0 fully saturated rings. The van der Waals surface area contributed by atoms with Crippen LogP contribution in [0.15, 0.2) is 53.4 Å². The number of hydrogen-bond donors (Lipinski definition) is 1. The summed E-state index contributed by atoms with van der Waals surface area (Å²) in [6.07, 6.45) is 2.80. The Kier molecular flexibility index (Phi) is 7.93. The predicted molar refractivity (Wildman–Crippen MR) is 105 cm³/mol. The standard InChI is InChI=1S/C19H17F2N3O5.ClH/c1-2-27-17-15(29-19(20)21)7-8-16(23-17)24(10-14-9-22-11-28-14)13-5-3-12(4-6-13)18(25)26;/h3-9,11,19H,2,10H2,1H3,(H,25,26);1H. The lowest BCUT2D eigenvalue weighted by Gasteiger charge is -2.24. The molecular formula is C19H18ClF2N3O5. The summed E-state index contributed by atoms with van der Waals surface area (Å²) >= 11 is 0. The summed E-state index contributed by atoms with van der Waals surface area (Å²) in [5.41, 5.74) is 0.723. The van der Waals surface area contributed by atoms with Gasteiger partial charge in [-0.25, -0.2) is 9.78 Å². The molecule has 1 N–H and O–H groups in total. The summed E-state index contributed by atoms with van der Waals surface area (Å²) in [7, 11) is 0. The number of aromatic carboxylic acids is 1. The largest absolute Gasteiger partial charge is 0.478 e. The molecule has 0 unspecified atom stereocenters. The van der Waals surface area contributed by atoms with Gasteiger partial charge in [0.25, 0.3) is 5.88 Å². The van der Waals surface area contributed by atoms with Gasteiger partial charge >= 0.3 is 12.6 Å². The lowest BCUT2D eigenvalue weighted by Crippen LogP contribution is -2.18. The maximum Gasteiger partial charge on any atom is 0.387 e. The molecule has 0 atom stereocenters. The summed E-state index contributed by atoms with van der Waals surface area (Å²) < 4.78 is 40.4. The van der Waals surface area contributed by atoms with Crippen LogP contribution in [-0.4, -0.2) is 34.3 Å². The number of carboxylic acid groups (broad SMARTS) is 1. The minimum atomic E-state index is -3.02. The number of oxazole rings is 1. The van der Waals surface area contributed by atoms with E-state index in [2.05, 4.69) is 14.7 Å². The van der Waals surface area contributed by atoms with E-state index in [0.717, 1.165) is 0 Å². The third kappa shape index (κ3) is 5.57. The topological polar surface area (TPSA) is 97.9 Å². The van der Waals surface area contributed by atoms with Crippen molar-refractivity contribution in [1.82, 2.24) is 9.97 Å². The van der Waals surface area contributed by atoms with Crippen molar-refractivity contribution < 1.29 is 32.6 Å². The molecule has 2 aromatic heterocycles. The zero-order valence-electron chi connectivity index (χ0n) is 15.7. The molecule has 0 aliphatic carbocycles. The van der Waals surface area contributed by atoms with Crippen molar-refractivity contribution >= 4 is 29.9 Å². The van der Waals surface area contributed by atoms with E-state index in [1.807, 2.05) is 0 Å². The predicted octanol–water partition coefficient (Wildman–Crippen LogP) is 4.53. The van der Waals surface area contributed by atoms with Gasteiger partial charge < -0.3 is 23.9 Å². The molecule has 0 saturated heterocycles. The molecule has 3 aromatic rings. The fraction of sp³-hybridized carbons (Fsp3) is 0.211. The Balaban J connectivity index is 0.00000320. The van der Waals surface area contributed by atoms with Gasteiger partial charge in [-0.2, -0.15) is 13.8 Å². The van der Waals surface area contributed by atoms with Gasteiger partial charge in [-0.1, -0.05) is 0 Å². The fourth-order valence-corrected chi connectivity index (χ4v) is 2.56. The molecule has 0 aliphatic heterocycles. The number of anilines is 2. The fourth-order valence-electron chi connectivity index (χ4n) is 2.56. The number of nitrogens with zero attached hydrogens (tertiary/aromatic N) is 3. The van der Waals surface area contributed by atoms with E-state index in [1.165, 1.54) is 36.9 Å². The van der Waals surface area contributed by atoms with Crippen LogP contribution in [-0.2, 0) is 6.54 Å². The number of ether oxygens (including phenoxy) is 2. The van der Waals surface area contributed by atoms with E-state index >= 15 is 0 Å². The number of aromatic nitrogens is 2. The lowest BCUT2D eigenvalue weighted by atomic mass is 10.2. The van der Waals surface area contributed by atoms with Crippen LogP contribution in [0.3, 0.4) is 0 Å². The van der Waals surface area contributed by atoms with E-state index in [-0.39, 0.29) is 42.8 Å². The van der Waals surface area contributed by atoms with E-state index < -0.39 is 12.6 Å². The van der Waals surface area contributed by atoms with Crippen LogP contribution in [0, 0.1) is 0 Å². The molecule has 0 aliphatic rings. The van der Waals surface area contributed by atoms with Crippen LogP contribution in [0.5, 0.6) is 11.6 Å². The van der Waals surface area contributed by atoms with Crippen molar-refractivity contribution in [1.29, 1.82) is 0 Å². The number of carbonyl (C=O) groups is 1. The molecular weight excluding hydrogens is 424 g/mol. The molecule has 2 heterocycles. The molecule has 30 heavy (non-hydrogen) atoms. The molecule has 0 spiro atoms. The zero-order valence-corrected chi connectivity index (χ0v) is 16.5. The Morgan fingerprint density at radius 2 is 1.97 bits per heavy atom. The van der Waals surface area contributed by atoms with E-state index in [4.69, 9.17) is 14.3 Å². The number of benzene rings is 1. The minimum absolute atomic E-state index is 0. The number of pyridine rings is 1. The van der Waals surface area contributed by atoms with Crippen molar-refractivity contribution in [3.8, 4) is 11.6 Å². The van der Waals surface area contributed by atoms with Crippen LogP contribution in [0.4, 0.5) is 20.3 Å². The normalized spacial score (nSPS) is 10.4. The van der Waals surface area contributed by atoms with Crippen LogP contribution in [0.2, 0.25) is 0 Å². The van der Waals surface area contributed by atoms with E-state index in [9.17, 15) is 13.6 Å². The second-order valence-electron chi connectivity index (χ2n) is 5.69. The Morgan fingerprint density at radius 1 is 1.23 bits per heavy atom. The first-order chi connectivity index (χ1) is 14.0. The van der Waals surface area contributed by atoms with Gasteiger partial charge in [0.05, 0.1) is 24.9 Å². The highest BCUT2D eigenvalue weighted by atomic mass is 35.5. The van der Waals surface area contributed by atoms with Gasteiger partial charge in [-0.15, -0.1) is 12.4 Å². The monoisotopic (exact) mass is 441 g/mol. The maximum absolute atomic E-state index is 12.6. The number of carboxylic acids is 1. The van der Waals surface area contributed by atoms with Crippen LogP contribution < -0.4 is 14.4 Å². The summed E-state index contributed by atoms with van der Waals surface area (Å²) in [6, 6.07) is 8.92. The smallest absolute Gasteiger partial charge is 0.387 e. The number of alkyl halides is 2. The van der Waals surface area contributed by atoms with Crippen molar-refractivity contribution in [2.45, 2.75) is 20.1 Å². The van der Waals surface area contributed by atoms with Crippen molar-refractivity contribution in [3.63, 3.8) is 0 Å². The summed E-state index contributed by atoms with van der Waals surface area (Å²) in [5.74, 6) is -0.459. The van der Waals surface area contributed by atoms with Gasteiger partial charge in [-0.3, -0.25) is 0 Å². The average molecular weight is 442 g/mol. The molecule has 11 heteroatoms. The van der Waals surface area contributed by atoms with Crippen LogP contribution in [0.25, 0.3) is 0 Å². The third-order valence-corrected chi connectivity index (χ3v) is 3.81. The quantitative estimate of drug-likeness (QED) is 0.517. The third-order valence-electron chi connectivity index (χ3n) is 3.81. The van der Waals surface area contributed by atoms with Crippen molar-refractivity contribution in [2.75, 3.05) is 11.5 Å². The highest BCUT2D eigenvalue weighted by Crippen LogP contribution is 2.33. The first-order valence-electron chi connectivity index (χ1n) is 8.55. The molecule has 3 rings (SSSR count). The van der Waals surface area contributed by atoms with Gasteiger partial charge in [0, 0.05) is 5.69 Å². The van der Waals surface area contributed by atoms with Gasteiger partial charge in [0.15, 0.2) is 12.1 Å². The highest BCUT2D eigenvalue weighted by molar-refractivity contribution is 5.88. The summed E-state index contributed by atoms with van der Waals surface area (Å²) in [6.45, 7) is -0.918. The first kappa shape index (κ1) is 22.9. The second kappa shape index (κ2) is 10.4. The molecule has 0 radical (unpaired) electrons. The number of rotatable bonds is 9. The van der Waals surface area contributed by atoms with Crippen LogP contribution in [0.1, 0.15) is 23.0 Å². The van der Waals surface area contributed by atoms with E-state index in [0.29, 0.717) is 17.3 Å². The first-order valence-corrected chi connectivity index (χ1v) is 8.55. The molecule has 8 nitrogen and oxygen atoms in total. The Bertz CT molecular complexity index is 955. The van der Waals surface area contributed by atoms with Gasteiger partial charge in [-0.05, 0) is 43.3 Å². The number of halogens is 3. The SMILES string of the molecule is CCOc1nc(N(Cc2cnco2)c2ccc(C(=O)O)cc2)ccc1OC(F)F.Cl.